The lowest BCUT2D eigenvalue weighted by Crippen LogP contribution is -2.48. The lowest BCUT2D eigenvalue weighted by Gasteiger charge is -2.26. The van der Waals surface area contributed by atoms with E-state index >= 15 is 0 Å². The highest BCUT2D eigenvalue weighted by atomic mass is 19.1. The summed E-state index contributed by atoms with van der Waals surface area (Å²) in [5.74, 6) is -2.26. The van der Waals surface area contributed by atoms with E-state index in [2.05, 4.69) is 5.32 Å². The minimum atomic E-state index is -0.929. The second-order valence-corrected chi connectivity index (χ2v) is 7.29. The predicted molar refractivity (Wildman–Crippen MR) is 88.9 cm³/mol. The smallest absolute Gasteiger partial charge is 0.317 e. The second kappa shape index (κ2) is 7.09. The van der Waals surface area contributed by atoms with Gasteiger partial charge in [0.25, 0.3) is 0 Å². The highest BCUT2D eigenvalue weighted by molar-refractivity contribution is 5.79. The van der Waals surface area contributed by atoms with Gasteiger partial charge in [-0.25, -0.2) is 13.6 Å². The van der Waals surface area contributed by atoms with Crippen LogP contribution in [-0.4, -0.2) is 47.2 Å². The molecule has 0 bridgehead atoms. The molecule has 1 aromatic rings. The minimum absolute atomic E-state index is 0.0910. The van der Waals surface area contributed by atoms with Gasteiger partial charge in [0.1, 0.15) is 23.5 Å². The van der Waals surface area contributed by atoms with E-state index in [1.54, 1.807) is 6.92 Å². The van der Waals surface area contributed by atoms with E-state index in [1.165, 1.54) is 4.90 Å². The molecule has 1 aliphatic heterocycles. The van der Waals surface area contributed by atoms with Crippen molar-refractivity contribution in [2.24, 2.45) is 5.41 Å². The van der Waals surface area contributed by atoms with Crippen molar-refractivity contribution in [1.82, 2.24) is 10.2 Å². The third-order valence-electron chi connectivity index (χ3n) is 5.16. The van der Waals surface area contributed by atoms with E-state index in [0.717, 1.165) is 24.6 Å². The molecule has 2 aliphatic rings. The van der Waals surface area contributed by atoms with Gasteiger partial charge in [0, 0.05) is 31.3 Å². The highest BCUT2D eigenvalue weighted by Gasteiger charge is 2.43. The molecule has 1 heterocycles. The Kier molecular flexibility index (Phi) is 5.02. The number of nitrogens with one attached hydrogen (secondary N) is 1. The molecule has 2 amide bonds. The van der Waals surface area contributed by atoms with Crippen LogP contribution in [0.1, 0.15) is 32.6 Å². The summed E-state index contributed by atoms with van der Waals surface area (Å²) in [6, 6.07) is 2.37. The molecule has 0 spiro atoms. The third kappa shape index (κ3) is 3.89. The molecule has 1 aromatic carbocycles. The number of hydrogen-bond acceptors (Lipinski definition) is 3. The molecule has 1 saturated carbocycles. The molecule has 6 nitrogen and oxygen atoms in total. The minimum Gasteiger partial charge on any atom is -0.488 e. The number of benzene rings is 1. The fraction of sp³-hybridized carbons (Fsp3) is 0.556. The normalized spacial score (nSPS) is 28.2. The number of rotatable bonds is 4. The summed E-state index contributed by atoms with van der Waals surface area (Å²) in [5, 5.41) is 12.1. The van der Waals surface area contributed by atoms with E-state index in [0.29, 0.717) is 25.8 Å². The van der Waals surface area contributed by atoms with Crippen molar-refractivity contribution in [3.8, 4) is 5.75 Å². The Balaban J connectivity index is 1.60. The number of urea groups is 1. The number of nitrogens with zero attached hydrogens (tertiary/aromatic N) is 1. The molecule has 8 heteroatoms. The monoisotopic (exact) mass is 368 g/mol. The Morgan fingerprint density at radius 3 is 2.58 bits per heavy atom. The maximum absolute atomic E-state index is 13.3. The van der Waals surface area contributed by atoms with Crippen molar-refractivity contribution < 1.29 is 28.2 Å². The Morgan fingerprint density at radius 2 is 1.96 bits per heavy atom. The lowest BCUT2D eigenvalue weighted by atomic mass is 9.90. The Morgan fingerprint density at radius 1 is 1.27 bits per heavy atom. The molecule has 1 saturated heterocycles. The lowest BCUT2D eigenvalue weighted by molar-refractivity contribution is -0.147. The first kappa shape index (κ1) is 18.4. The molecule has 2 N–H and O–H groups in total. The zero-order valence-electron chi connectivity index (χ0n) is 14.5. The average molecular weight is 368 g/mol. The quantitative estimate of drug-likeness (QED) is 0.857. The van der Waals surface area contributed by atoms with Gasteiger partial charge < -0.3 is 20.1 Å². The van der Waals surface area contributed by atoms with Crippen LogP contribution < -0.4 is 10.1 Å². The van der Waals surface area contributed by atoms with Crippen LogP contribution in [0.5, 0.6) is 5.75 Å². The molecule has 142 valence electrons. The highest BCUT2D eigenvalue weighted by Crippen LogP contribution is 2.31. The van der Waals surface area contributed by atoms with Crippen molar-refractivity contribution >= 4 is 12.0 Å². The van der Waals surface area contributed by atoms with Crippen LogP contribution in [-0.2, 0) is 4.79 Å². The summed E-state index contributed by atoms with van der Waals surface area (Å²) in [5.41, 5.74) is -0.929. The molecule has 1 unspecified atom stereocenters. The van der Waals surface area contributed by atoms with Crippen molar-refractivity contribution in [2.75, 3.05) is 13.1 Å². The van der Waals surface area contributed by atoms with Crippen LogP contribution in [0.2, 0.25) is 0 Å². The molecule has 26 heavy (non-hydrogen) atoms. The zero-order chi connectivity index (χ0) is 18.9. The first-order valence-electron chi connectivity index (χ1n) is 8.68. The van der Waals surface area contributed by atoms with Gasteiger partial charge in [-0.3, -0.25) is 4.79 Å². The van der Waals surface area contributed by atoms with E-state index < -0.39 is 23.0 Å². The summed E-state index contributed by atoms with van der Waals surface area (Å²) in [6.45, 7) is 2.16. The van der Waals surface area contributed by atoms with Crippen LogP contribution in [0.15, 0.2) is 18.2 Å². The van der Waals surface area contributed by atoms with Gasteiger partial charge in [-0.15, -0.1) is 0 Å². The number of amides is 2. The van der Waals surface area contributed by atoms with Gasteiger partial charge >= 0.3 is 12.0 Å². The summed E-state index contributed by atoms with van der Waals surface area (Å²) in [7, 11) is 0. The number of carboxylic acid groups (broad SMARTS) is 1. The first-order chi connectivity index (χ1) is 12.3. The Hall–Kier alpha value is -2.38. The number of carbonyl (C=O) groups excluding carboxylic acids is 1. The van der Waals surface area contributed by atoms with Crippen molar-refractivity contribution in [1.29, 1.82) is 0 Å². The van der Waals surface area contributed by atoms with E-state index in [4.69, 9.17) is 4.74 Å². The molecule has 3 rings (SSSR count). The first-order valence-corrected chi connectivity index (χ1v) is 8.68. The summed E-state index contributed by atoms with van der Waals surface area (Å²) >= 11 is 0. The van der Waals surface area contributed by atoms with Gasteiger partial charge in [0.2, 0.25) is 0 Å². The molecule has 0 radical (unpaired) electrons. The molecule has 0 aromatic heterocycles. The van der Waals surface area contributed by atoms with Crippen molar-refractivity contribution in [3.05, 3.63) is 29.8 Å². The summed E-state index contributed by atoms with van der Waals surface area (Å²) < 4.78 is 32.3. The number of carbonyl (C=O) groups is 2. The van der Waals surface area contributed by atoms with Crippen LogP contribution in [0, 0.1) is 17.0 Å². The van der Waals surface area contributed by atoms with Gasteiger partial charge in [-0.1, -0.05) is 0 Å². The molecule has 1 aliphatic carbocycles. The molecule has 2 fully saturated rings. The summed E-state index contributed by atoms with van der Waals surface area (Å²) in [4.78, 5) is 25.3. The molecular formula is C18H22F2N2O4. The predicted octanol–water partition coefficient (Wildman–Crippen LogP) is 2.77. The van der Waals surface area contributed by atoms with E-state index in [1.807, 2.05) is 0 Å². The van der Waals surface area contributed by atoms with Crippen LogP contribution in [0.4, 0.5) is 13.6 Å². The second-order valence-electron chi connectivity index (χ2n) is 7.29. The standard InChI is InChI=1S/C18H22F2N2O4/c1-18(16(23)24)5-6-22(10-18)17(25)21-14-3-2-4-15(14)26-13-8-11(19)7-12(20)9-13/h7-9,14-15H,2-6,10H2,1H3,(H,21,25)(H,23,24)/t14-,15+,18?/m0/s1. The van der Waals surface area contributed by atoms with Crippen LogP contribution in [0.25, 0.3) is 0 Å². The van der Waals surface area contributed by atoms with Crippen molar-refractivity contribution in [3.63, 3.8) is 0 Å². The molecule has 3 atom stereocenters. The summed E-state index contributed by atoms with van der Waals surface area (Å²) in [6.07, 6.45) is 2.20. The topological polar surface area (TPSA) is 78.9 Å². The number of aliphatic carboxylic acids is 1. The Labute approximate surface area is 150 Å². The van der Waals surface area contributed by atoms with Gasteiger partial charge in [-0.05, 0) is 32.6 Å². The van der Waals surface area contributed by atoms with Crippen LogP contribution >= 0.6 is 0 Å². The van der Waals surface area contributed by atoms with Gasteiger partial charge in [0.15, 0.2) is 0 Å². The van der Waals surface area contributed by atoms with E-state index in [9.17, 15) is 23.5 Å². The van der Waals surface area contributed by atoms with Crippen LogP contribution in [0.3, 0.4) is 0 Å². The van der Waals surface area contributed by atoms with Gasteiger partial charge in [0.05, 0.1) is 11.5 Å². The van der Waals surface area contributed by atoms with E-state index in [-0.39, 0.29) is 30.5 Å². The average Bonchev–Trinajstić information content (AvgIpc) is 3.14. The number of likely N-dealkylation sites (tertiary alicyclic amines) is 1. The largest absolute Gasteiger partial charge is 0.488 e. The number of hydrogen-bond donors (Lipinski definition) is 2. The van der Waals surface area contributed by atoms with Gasteiger partial charge in [-0.2, -0.15) is 0 Å². The number of ether oxygens (including phenoxy) is 1. The third-order valence-corrected chi connectivity index (χ3v) is 5.16. The SMILES string of the molecule is CC1(C(=O)O)CCN(C(=O)N[C@H]2CCC[C@H]2Oc2cc(F)cc(F)c2)C1. The number of carboxylic acids is 1. The molecular weight excluding hydrogens is 346 g/mol. The fourth-order valence-corrected chi connectivity index (χ4v) is 3.56. The maximum atomic E-state index is 13.3. The van der Waals surface area contributed by atoms with Crippen molar-refractivity contribution in [2.45, 2.75) is 44.8 Å². The Bertz CT molecular complexity index is 694. The fourth-order valence-electron chi connectivity index (χ4n) is 3.56. The zero-order valence-corrected chi connectivity index (χ0v) is 14.5. The number of halogens is 2. The maximum Gasteiger partial charge on any atom is 0.317 e.